The van der Waals surface area contributed by atoms with E-state index >= 15 is 0 Å². The van der Waals surface area contributed by atoms with E-state index in [2.05, 4.69) is 17.4 Å². The molecule has 0 spiro atoms. The third-order valence-corrected chi connectivity index (χ3v) is 4.39. The van der Waals surface area contributed by atoms with Crippen LogP contribution in [0.25, 0.3) is 11.0 Å². The quantitative estimate of drug-likeness (QED) is 0.649. The maximum Gasteiger partial charge on any atom is 0.312 e. The van der Waals surface area contributed by atoms with E-state index in [0.717, 1.165) is 17.4 Å². The molecule has 1 amide bonds. The Balaban J connectivity index is 1.48. The van der Waals surface area contributed by atoms with Gasteiger partial charge in [0.05, 0.1) is 12.5 Å². The lowest BCUT2D eigenvalue weighted by Crippen LogP contribution is -2.31. The van der Waals surface area contributed by atoms with Crippen LogP contribution in [0.4, 0.5) is 0 Å². The number of aromatic nitrogens is 1. The molecule has 6 heteroatoms. The Labute approximate surface area is 157 Å². The van der Waals surface area contributed by atoms with E-state index in [-0.39, 0.29) is 25.0 Å². The van der Waals surface area contributed by atoms with Gasteiger partial charge in [-0.2, -0.15) is 0 Å². The highest BCUT2D eigenvalue weighted by atomic mass is 16.5. The highest BCUT2D eigenvalue weighted by Gasteiger charge is 2.15. The first-order chi connectivity index (χ1) is 13.1. The Bertz CT molecular complexity index is 931. The minimum atomic E-state index is -0.524. The van der Waals surface area contributed by atoms with Crippen molar-refractivity contribution in [2.75, 3.05) is 6.61 Å². The van der Waals surface area contributed by atoms with Crippen LogP contribution >= 0.6 is 0 Å². The average molecular weight is 366 g/mol. The number of nitrogens with zero attached hydrogens (tertiary/aromatic N) is 1. The van der Waals surface area contributed by atoms with E-state index < -0.39 is 5.97 Å². The predicted octanol–water partition coefficient (Wildman–Crippen LogP) is 3.35. The van der Waals surface area contributed by atoms with Crippen LogP contribution in [0.15, 0.2) is 53.1 Å². The molecular formula is C21H22N2O4. The molecule has 1 heterocycles. The van der Waals surface area contributed by atoms with Gasteiger partial charge in [-0.15, -0.1) is 0 Å². The van der Waals surface area contributed by atoms with Gasteiger partial charge in [0, 0.05) is 5.39 Å². The number of amides is 1. The molecule has 1 N–H and O–H groups in total. The van der Waals surface area contributed by atoms with Gasteiger partial charge in [0.1, 0.15) is 5.69 Å². The zero-order chi connectivity index (χ0) is 19.2. The standard InChI is InChI=1S/C21H22N2O4/c1-3-15-8-10-16(11-9-15)14(2)22-20(24)13-26-21(25)12-18-17-6-4-5-7-19(17)27-23-18/h4-11,14H,3,12-13H2,1-2H3,(H,22,24)/t14-/m1/s1. The van der Waals surface area contributed by atoms with E-state index in [1.165, 1.54) is 5.56 Å². The molecule has 0 aliphatic heterocycles. The molecule has 3 rings (SSSR count). The smallest absolute Gasteiger partial charge is 0.312 e. The summed E-state index contributed by atoms with van der Waals surface area (Å²) >= 11 is 0. The van der Waals surface area contributed by atoms with E-state index in [1.54, 1.807) is 6.07 Å². The molecule has 0 saturated heterocycles. The predicted molar refractivity (Wildman–Crippen MR) is 101 cm³/mol. The molecule has 0 saturated carbocycles. The van der Waals surface area contributed by atoms with Crippen molar-refractivity contribution in [1.29, 1.82) is 0 Å². The van der Waals surface area contributed by atoms with Gasteiger partial charge in [0.25, 0.3) is 5.91 Å². The van der Waals surface area contributed by atoms with E-state index in [1.807, 2.05) is 49.4 Å². The fourth-order valence-electron chi connectivity index (χ4n) is 2.81. The summed E-state index contributed by atoms with van der Waals surface area (Å²) in [5, 5.41) is 7.48. The lowest BCUT2D eigenvalue weighted by Gasteiger charge is -2.14. The van der Waals surface area contributed by atoms with Crippen molar-refractivity contribution in [1.82, 2.24) is 10.5 Å². The summed E-state index contributed by atoms with van der Waals surface area (Å²) in [6.07, 6.45) is 0.927. The normalized spacial score (nSPS) is 11.9. The molecule has 0 radical (unpaired) electrons. The molecule has 0 unspecified atom stereocenters. The third kappa shape index (κ3) is 4.73. The number of esters is 1. The molecule has 0 fully saturated rings. The molecule has 6 nitrogen and oxygen atoms in total. The molecule has 2 aromatic carbocycles. The fraction of sp³-hybridized carbons (Fsp3) is 0.286. The van der Waals surface area contributed by atoms with Crippen LogP contribution in [-0.2, 0) is 27.2 Å². The molecule has 0 bridgehead atoms. The second-order valence-corrected chi connectivity index (χ2v) is 6.35. The first-order valence-corrected chi connectivity index (χ1v) is 8.94. The van der Waals surface area contributed by atoms with Crippen molar-refractivity contribution in [3.63, 3.8) is 0 Å². The number of carbonyl (C=O) groups is 2. The second-order valence-electron chi connectivity index (χ2n) is 6.35. The maximum absolute atomic E-state index is 12.0. The van der Waals surface area contributed by atoms with Crippen LogP contribution in [0.5, 0.6) is 0 Å². The van der Waals surface area contributed by atoms with Gasteiger partial charge in [-0.3, -0.25) is 9.59 Å². The van der Waals surface area contributed by atoms with Gasteiger partial charge in [0.15, 0.2) is 12.2 Å². The van der Waals surface area contributed by atoms with E-state index in [9.17, 15) is 9.59 Å². The van der Waals surface area contributed by atoms with Crippen molar-refractivity contribution >= 4 is 22.8 Å². The highest BCUT2D eigenvalue weighted by molar-refractivity contribution is 5.85. The lowest BCUT2D eigenvalue weighted by molar-refractivity contribution is -0.148. The summed E-state index contributed by atoms with van der Waals surface area (Å²) in [7, 11) is 0. The molecule has 1 atom stereocenters. The van der Waals surface area contributed by atoms with E-state index in [4.69, 9.17) is 9.26 Å². The number of hydrogen-bond acceptors (Lipinski definition) is 5. The van der Waals surface area contributed by atoms with Gasteiger partial charge in [0.2, 0.25) is 0 Å². The summed E-state index contributed by atoms with van der Waals surface area (Å²) in [6.45, 7) is 3.66. The van der Waals surface area contributed by atoms with Crippen LogP contribution in [0, 0.1) is 0 Å². The number of ether oxygens (including phenoxy) is 1. The highest BCUT2D eigenvalue weighted by Crippen LogP contribution is 2.18. The maximum atomic E-state index is 12.0. The van der Waals surface area contributed by atoms with Crippen molar-refractivity contribution in [2.24, 2.45) is 0 Å². The van der Waals surface area contributed by atoms with E-state index in [0.29, 0.717) is 11.3 Å². The number of fused-ring (bicyclic) bond motifs is 1. The molecular weight excluding hydrogens is 344 g/mol. The minimum Gasteiger partial charge on any atom is -0.455 e. The number of rotatable bonds is 7. The first kappa shape index (κ1) is 18.6. The fourth-order valence-corrected chi connectivity index (χ4v) is 2.81. The third-order valence-electron chi connectivity index (χ3n) is 4.39. The monoisotopic (exact) mass is 366 g/mol. The van der Waals surface area contributed by atoms with Crippen molar-refractivity contribution in [3.05, 3.63) is 65.4 Å². The van der Waals surface area contributed by atoms with Gasteiger partial charge in [-0.1, -0.05) is 48.5 Å². The molecule has 0 aliphatic rings. The summed E-state index contributed by atoms with van der Waals surface area (Å²) in [5.74, 6) is -0.871. The Morgan fingerprint density at radius 3 is 2.63 bits per heavy atom. The Morgan fingerprint density at radius 1 is 1.15 bits per heavy atom. The molecule has 0 aliphatic carbocycles. The number of carbonyl (C=O) groups excluding carboxylic acids is 2. The second kappa shape index (κ2) is 8.49. The Kier molecular flexibility index (Phi) is 5.86. The average Bonchev–Trinajstić information content (AvgIpc) is 3.09. The number of aryl methyl sites for hydroxylation is 1. The minimum absolute atomic E-state index is 0.0433. The van der Waals surface area contributed by atoms with Crippen LogP contribution in [-0.4, -0.2) is 23.6 Å². The zero-order valence-corrected chi connectivity index (χ0v) is 15.4. The van der Waals surface area contributed by atoms with Crippen molar-refractivity contribution in [3.8, 4) is 0 Å². The largest absolute Gasteiger partial charge is 0.455 e. The van der Waals surface area contributed by atoms with Crippen molar-refractivity contribution in [2.45, 2.75) is 32.7 Å². The summed E-state index contributed by atoms with van der Waals surface area (Å²) in [4.78, 5) is 24.0. The topological polar surface area (TPSA) is 81.4 Å². The summed E-state index contributed by atoms with van der Waals surface area (Å²) in [5.41, 5.74) is 3.36. The van der Waals surface area contributed by atoms with Gasteiger partial charge >= 0.3 is 5.97 Å². The lowest BCUT2D eigenvalue weighted by atomic mass is 10.1. The number of para-hydroxylation sites is 1. The summed E-state index contributed by atoms with van der Waals surface area (Å²) < 4.78 is 10.2. The number of nitrogens with one attached hydrogen (secondary N) is 1. The SMILES string of the molecule is CCc1ccc([C@@H](C)NC(=O)COC(=O)Cc2noc3ccccc23)cc1. The van der Waals surface area contributed by atoms with Crippen LogP contribution < -0.4 is 5.32 Å². The Morgan fingerprint density at radius 2 is 1.89 bits per heavy atom. The van der Waals surface area contributed by atoms with Crippen LogP contribution in [0.3, 0.4) is 0 Å². The first-order valence-electron chi connectivity index (χ1n) is 8.94. The molecule has 3 aromatic rings. The number of benzene rings is 2. The zero-order valence-electron chi connectivity index (χ0n) is 15.4. The van der Waals surface area contributed by atoms with Crippen LogP contribution in [0.2, 0.25) is 0 Å². The van der Waals surface area contributed by atoms with Crippen molar-refractivity contribution < 1.29 is 18.8 Å². The summed E-state index contributed by atoms with van der Waals surface area (Å²) in [6, 6.07) is 15.2. The van der Waals surface area contributed by atoms with Gasteiger partial charge in [-0.05, 0) is 36.6 Å². The van der Waals surface area contributed by atoms with Gasteiger partial charge < -0.3 is 14.6 Å². The van der Waals surface area contributed by atoms with Crippen LogP contribution in [0.1, 0.15) is 36.7 Å². The van der Waals surface area contributed by atoms with Gasteiger partial charge in [-0.25, -0.2) is 0 Å². The molecule has 1 aromatic heterocycles. The molecule has 27 heavy (non-hydrogen) atoms. The Hall–Kier alpha value is -3.15. The number of hydrogen-bond donors (Lipinski definition) is 1. The molecule has 140 valence electrons.